The number of hydrogen-bond donors (Lipinski definition) is 1. The average molecular weight is 422 g/mol. The number of nitrogen functional groups attached to an aromatic ring is 1. The van der Waals surface area contributed by atoms with Crippen molar-refractivity contribution in [2.75, 3.05) is 20.0 Å². The minimum Gasteiger partial charge on any atom is -0.468 e. The first kappa shape index (κ1) is 27.3. The summed E-state index contributed by atoms with van der Waals surface area (Å²) in [5.41, 5.74) is 6.99. The van der Waals surface area contributed by atoms with E-state index in [4.69, 9.17) is 5.73 Å². The van der Waals surface area contributed by atoms with Gasteiger partial charge in [0.2, 0.25) is 0 Å². The first-order valence-electron chi connectivity index (χ1n) is 10.3. The number of Topliss-reactive ketones (excluding diaryl/α,β-unsaturated/α-hetero) is 2. The fourth-order valence-corrected chi connectivity index (χ4v) is 2.58. The molecule has 0 bridgehead atoms. The smallest absolute Gasteiger partial charge is 0.320 e. The molecule has 7 heteroatoms. The van der Waals surface area contributed by atoms with Crippen LogP contribution in [0.5, 0.6) is 0 Å². The highest BCUT2D eigenvalue weighted by molar-refractivity contribution is 5.99. The molecule has 0 radical (unpaired) electrons. The van der Waals surface area contributed by atoms with Crippen molar-refractivity contribution >= 4 is 29.2 Å². The maximum Gasteiger partial charge on any atom is 0.320 e. The van der Waals surface area contributed by atoms with E-state index in [1.54, 1.807) is 24.3 Å². The summed E-state index contributed by atoms with van der Waals surface area (Å²) in [6.45, 7) is 4.10. The summed E-state index contributed by atoms with van der Waals surface area (Å²) in [5.74, 6) is -1.91. The number of carbonyl (C=O) groups excluding carboxylic acids is 4. The topological polar surface area (TPSA) is 113 Å². The second kappa shape index (κ2) is 16.1. The maximum atomic E-state index is 11.4. The lowest BCUT2D eigenvalue weighted by Gasteiger charge is -2.12. The summed E-state index contributed by atoms with van der Waals surface area (Å²) < 4.78 is 9.13. The molecule has 1 rings (SSSR count). The van der Waals surface area contributed by atoms with Crippen LogP contribution in [-0.2, 0) is 35.1 Å². The Morgan fingerprint density at radius 3 is 1.63 bits per heavy atom. The van der Waals surface area contributed by atoms with Gasteiger partial charge in [0.1, 0.15) is 11.6 Å². The van der Waals surface area contributed by atoms with Crippen LogP contribution in [-0.4, -0.2) is 37.7 Å². The zero-order valence-electron chi connectivity index (χ0n) is 18.6. The Morgan fingerprint density at radius 1 is 0.833 bits per heavy atom. The van der Waals surface area contributed by atoms with Crippen molar-refractivity contribution in [3.05, 3.63) is 29.8 Å². The predicted octanol–water partition coefficient (Wildman–Crippen LogP) is 3.67. The summed E-state index contributed by atoms with van der Waals surface area (Å²) in [4.78, 5) is 45.2. The second-order valence-electron chi connectivity index (χ2n) is 7.01. The van der Waals surface area contributed by atoms with Gasteiger partial charge in [0.05, 0.1) is 20.6 Å². The van der Waals surface area contributed by atoms with Gasteiger partial charge in [0.15, 0.2) is 5.92 Å². The molecule has 2 N–H and O–H groups in total. The first-order valence-corrected chi connectivity index (χ1v) is 10.3. The van der Waals surface area contributed by atoms with Crippen LogP contribution < -0.4 is 5.73 Å². The summed E-state index contributed by atoms with van der Waals surface area (Å²) in [6.07, 6.45) is 5.44. The van der Waals surface area contributed by atoms with Crippen LogP contribution in [0.2, 0.25) is 0 Å². The highest BCUT2D eigenvalue weighted by Gasteiger charge is 2.28. The van der Waals surface area contributed by atoms with Gasteiger partial charge >= 0.3 is 11.9 Å². The number of unbranched alkanes of at least 4 members (excludes halogenated alkanes) is 2. The number of nitrogens with two attached hydrogens (primary N) is 1. The number of methoxy groups -OCH3 is 2. The molecule has 0 fully saturated rings. The number of ketones is 2. The summed E-state index contributed by atoms with van der Waals surface area (Å²) in [5, 5.41) is 0. The van der Waals surface area contributed by atoms with Crippen molar-refractivity contribution in [1.82, 2.24) is 0 Å². The van der Waals surface area contributed by atoms with Crippen molar-refractivity contribution in [1.29, 1.82) is 0 Å². The molecule has 168 valence electrons. The molecule has 0 aromatic heterocycles. The molecule has 0 spiro atoms. The van der Waals surface area contributed by atoms with E-state index in [9.17, 15) is 19.2 Å². The van der Waals surface area contributed by atoms with Gasteiger partial charge in [-0.05, 0) is 37.0 Å². The zero-order valence-corrected chi connectivity index (χ0v) is 18.6. The molecular weight excluding hydrogens is 386 g/mol. The Kier molecular flexibility index (Phi) is 14.7. The fraction of sp³-hybridized carbons (Fsp3) is 0.565. The molecular formula is C23H35NO6. The third-order valence-corrected chi connectivity index (χ3v) is 4.40. The highest BCUT2D eigenvalue weighted by Crippen LogP contribution is 2.14. The Bertz CT molecular complexity index is 635. The Balaban J connectivity index is 0.000000584. The van der Waals surface area contributed by atoms with Gasteiger partial charge in [-0.1, -0.05) is 38.8 Å². The van der Waals surface area contributed by atoms with E-state index in [0.717, 1.165) is 31.2 Å². The van der Waals surface area contributed by atoms with E-state index >= 15 is 0 Å². The normalized spacial score (nSPS) is 10.0. The van der Waals surface area contributed by atoms with Crippen molar-refractivity contribution in [3.8, 4) is 0 Å². The number of benzene rings is 1. The molecule has 0 aliphatic heterocycles. The largest absolute Gasteiger partial charge is 0.468 e. The average Bonchev–Trinajstić information content (AvgIpc) is 2.75. The number of esters is 2. The number of carbonyl (C=O) groups is 4. The number of rotatable bonds is 12. The molecule has 0 aliphatic rings. The van der Waals surface area contributed by atoms with E-state index in [0.29, 0.717) is 18.5 Å². The minimum absolute atomic E-state index is 0.114. The Hall–Kier alpha value is -2.70. The molecule has 0 amide bonds. The summed E-state index contributed by atoms with van der Waals surface area (Å²) in [6, 6.07) is 6.93. The van der Waals surface area contributed by atoms with Gasteiger partial charge in [0.25, 0.3) is 0 Å². The fourth-order valence-electron chi connectivity index (χ4n) is 2.58. The monoisotopic (exact) mass is 421 g/mol. The van der Waals surface area contributed by atoms with Gasteiger partial charge in [-0.3, -0.25) is 19.2 Å². The number of anilines is 1. The van der Waals surface area contributed by atoms with Crippen molar-refractivity contribution in [2.24, 2.45) is 5.92 Å². The third-order valence-electron chi connectivity index (χ3n) is 4.40. The number of hydrogen-bond acceptors (Lipinski definition) is 7. The SMILES string of the molecule is CCCCC(=O)CC(=O)CCCC.COC(=O)C(Cc1ccc(N)cc1)C(=O)OC. The molecule has 0 aliphatic carbocycles. The van der Waals surface area contributed by atoms with E-state index in [1.807, 2.05) is 13.8 Å². The third kappa shape index (κ3) is 12.0. The molecule has 1 aromatic carbocycles. The van der Waals surface area contributed by atoms with Crippen LogP contribution in [0.3, 0.4) is 0 Å². The number of ether oxygens (including phenoxy) is 2. The molecule has 30 heavy (non-hydrogen) atoms. The lowest BCUT2D eigenvalue weighted by molar-refractivity contribution is -0.158. The lowest BCUT2D eigenvalue weighted by Crippen LogP contribution is -2.28. The van der Waals surface area contributed by atoms with Crippen molar-refractivity contribution in [3.63, 3.8) is 0 Å². The molecule has 7 nitrogen and oxygen atoms in total. The maximum absolute atomic E-state index is 11.4. The standard InChI is InChI=1S/C12H15NO4.C11H20O2/c1-16-11(14)10(12(15)17-2)7-8-3-5-9(13)6-4-8;1-3-5-7-10(12)9-11(13)8-6-4-2/h3-6,10H,7,13H2,1-2H3;3-9H2,1-2H3. The van der Waals surface area contributed by atoms with E-state index in [-0.39, 0.29) is 24.4 Å². The molecule has 1 aromatic rings. The van der Waals surface area contributed by atoms with Gasteiger partial charge in [-0.15, -0.1) is 0 Å². The van der Waals surface area contributed by atoms with Crippen LogP contribution in [0, 0.1) is 5.92 Å². The quantitative estimate of drug-likeness (QED) is 0.311. The van der Waals surface area contributed by atoms with Crippen LogP contribution in [0.15, 0.2) is 24.3 Å². The van der Waals surface area contributed by atoms with Crippen molar-refractivity contribution < 1.29 is 28.7 Å². The minimum atomic E-state index is -0.936. The van der Waals surface area contributed by atoms with Crippen molar-refractivity contribution in [2.45, 2.75) is 65.2 Å². The Labute approximate surface area is 179 Å². The molecule has 0 saturated heterocycles. The van der Waals surface area contributed by atoms with Crippen LogP contribution >= 0.6 is 0 Å². The van der Waals surface area contributed by atoms with Gasteiger partial charge in [-0.2, -0.15) is 0 Å². The molecule has 0 saturated carbocycles. The molecule has 0 unspecified atom stereocenters. The Morgan fingerprint density at radius 2 is 1.27 bits per heavy atom. The highest BCUT2D eigenvalue weighted by atomic mass is 16.5. The lowest BCUT2D eigenvalue weighted by atomic mass is 9.99. The predicted molar refractivity (Wildman–Crippen MR) is 116 cm³/mol. The van der Waals surface area contributed by atoms with Crippen LogP contribution in [0.25, 0.3) is 0 Å². The second-order valence-corrected chi connectivity index (χ2v) is 7.01. The summed E-state index contributed by atoms with van der Waals surface area (Å²) >= 11 is 0. The van der Waals surface area contributed by atoms with Crippen LogP contribution in [0.1, 0.15) is 64.4 Å². The van der Waals surface area contributed by atoms with Gasteiger partial charge in [-0.25, -0.2) is 0 Å². The van der Waals surface area contributed by atoms with Gasteiger partial charge < -0.3 is 15.2 Å². The first-order chi connectivity index (χ1) is 14.3. The molecule has 0 heterocycles. The zero-order chi connectivity index (χ0) is 22.9. The summed E-state index contributed by atoms with van der Waals surface area (Å²) in [7, 11) is 2.47. The van der Waals surface area contributed by atoms with Gasteiger partial charge in [0, 0.05) is 18.5 Å². The van der Waals surface area contributed by atoms with Crippen LogP contribution in [0.4, 0.5) is 5.69 Å². The van der Waals surface area contributed by atoms with E-state index in [1.165, 1.54) is 14.2 Å². The van der Waals surface area contributed by atoms with E-state index < -0.39 is 17.9 Å². The molecule has 0 atom stereocenters. The van der Waals surface area contributed by atoms with E-state index in [2.05, 4.69) is 9.47 Å².